The Balaban J connectivity index is 3.98. The first-order chi connectivity index (χ1) is 7.89. The van der Waals surface area contributed by atoms with Crippen molar-refractivity contribution in [2.24, 2.45) is 0 Å². The Morgan fingerprint density at radius 2 is 1.59 bits per heavy atom. The lowest BCUT2D eigenvalue weighted by Crippen LogP contribution is -2.33. The summed E-state index contributed by atoms with van der Waals surface area (Å²) in [7, 11) is 0. The lowest BCUT2D eigenvalue weighted by Gasteiger charge is -2.31. The highest BCUT2D eigenvalue weighted by atomic mass is 16.5. The molecule has 0 aliphatic carbocycles. The average Bonchev–Trinajstić information content (AvgIpc) is 2.26. The predicted octanol–water partition coefficient (Wildman–Crippen LogP) is 3.15. The van der Waals surface area contributed by atoms with Crippen LogP contribution < -0.4 is 0 Å². The van der Waals surface area contributed by atoms with E-state index in [-0.39, 0.29) is 17.8 Å². The van der Waals surface area contributed by atoms with Crippen molar-refractivity contribution in [3.63, 3.8) is 0 Å². The van der Waals surface area contributed by atoms with Crippen LogP contribution >= 0.6 is 0 Å². The molecule has 0 saturated heterocycles. The second-order valence-corrected chi connectivity index (χ2v) is 5.48. The molecule has 0 amide bonds. The van der Waals surface area contributed by atoms with Crippen LogP contribution in [0.5, 0.6) is 0 Å². The van der Waals surface area contributed by atoms with Gasteiger partial charge in [0.05, 0.1) is 17.8 Å². The minimum atomic E-state index is -0.242. The molecular formula is C14H30O3. The first-order valence-electron chi connectivity index (χ1n) is 6.78. The molecule has 104 valence electrons. The van der Waals surface area contributed by atoms with E-state index < -0.39 is 0 Å². The standard InChI is InChI=1S/C14H30O3/c1-6-11-17-14(5,7-2)9-12-16-13(3,4)8-10-15/h15H,6-12H2,1-5H3. The Bertz CT molecular complexity index is 192. The lowest BCUT2D eigenvalue weighted by molar-refractivity contribution is -0.0860. The Kier molecular flexibility index (Phi) is 8.01. The maximum absolute atomic E-state index is 8.92. The third-order valence-electron chi connectivity index (χ3n) is 3.24. The molecule has 1 unspecified atom stereocenters. The molecule has 0 aromatic rings. The second kappa shape index (κ2) is 8.06. The highest BCUT2D eigenvalue weighted by Crippen LogP contribution is 2.22. The minimum absolute atomic E-state index is 0.0781. The first kappa shape index (κ1) is 16.9. The lowest BCUT2D eigenvalue weighted by atomic mass is 9.99. The molecule has 0 saturated carbocycles. The molecule has 0 rings (SSSR count). The van der Waals surface area contributed by atoms with Crippen LogP contribution in [-0.2, 0) is 9.47 Å². The van der Waals surface area contributed by atoms with Crippen LogP contribution in [0.2, 0.25) is 0 Å². The molecule has 0 aliphatic rings. The summed E-state index contributed by atoms with van der Waals surface area (Å²) in [6.07, 6.45) is 3.62. The molecule has 0 aromatic carbocycles. The van der Waals surface area contributed by atoms with Crippen molar-refractivity contribution in [1.82, 2.24) is 0 Å². The van der Waals surface area contributed by atoms with E-state index in [4.69, 9.17) is 14.6 Å². The van der Waals surface area contributed by atoms with Crippen LogP contribution in [-0.4, -0.2) is 36.1 Å². The molecule has 3 nitrogen and oxygen atoms in total. The zero-order valence-corrected chi connectivity index (χ0v) is 12.2. The molecule has 0 spiro atoms. The molecule has 0 fully saturated rings. The summed E-state index contributed by atoms with van der Waals surface area (Å²) >= 11 is 0. The maximum atomic E-state index is 8.92. The normalized spacial score (nSPS) is 15.9. The van der Waals surface area contributed by atoms with E-state index >= 15 is 0 Å². The summed E-state index contributed by atoms with van der Waals surface area (Å²) in [5, 5.41) is 8.92. The van der Waals surface area contributed by atoms with Crippen LogP contribution in [0.25, 0.3) is 0 Å². The van der Waals surface area contributed by atoms with Crippen molar-refractivity contribution in [2.75, 3.05) is 19.8 Å². The van der Waals surface area contributed by atoms with Gasteiger partial charge >= 0.3 is 0 Å². The monoisotopic (exact) mass is 246 g/mol. The number of hydrogen-bond acceptors (Lipinski definition) is 3. The van der Waals surface area contributed by atoms with Gasteiger partial charge in [-0.05, 0) is 46.5 Å². The third-order valence-corrected chi connectivity index (χ3v) is 3.24. The quantitative estimate of drug-likeness (QED) is 0.643. The molecule has 3 heteroatoms. The summed E-state index contributed by atoms with van der Waals surface area (Å²) in [6.45, 7) is 12.1. The fourth-order valence-corrected chi connectivity index (χ4v) is 1.58. The smallest absolute Gasteiger partial charge is 0.0673 e. The maximum Gasteiger partial charge on any atom is 0.0673 e. The molecule has 0 bridgehead atoms. The van der Waals surface area contributed by atoms with Gasteiger partial charge in [0.2, 0.25) is 0 Å². The summed E-state index contributed by atoms with van der Waals surface area (Å²) < 4.78 is 11.7. The molecule has 17 heavy (non-hydrogen) atoms. The minimum Gasteiger partial charge on any atom is -0.396 e. The van der Waals surface area contributed by atoms with E-state index in [1.165, 1.54) is 0 Å². The number of aliphatic hydroxyl groups excluding tert-OH is 1. The number of ether oxygens (including phenoxy) is 2. The van der Waals surface area contributed by atoms with E-state index in [1.54, 1.807) is 0 Å². The highest BCUT2D eigenvalue weighted by Gasteiger charge is 2.24. The van der Waals surface area contributed by atoms with E-state index in [0.29, 0.717) is 13.0 Å². The van der Waals surface area contributed by atoms with Crippen LogP contribution in [0, 0.1) is 0 Å². The van der Waals surface area contributed by atoms with Crippen LogP contribution in [0.3, 0.4) is 0 Å². The number of hydrogen-bond donors (Lipinski definition) is 1. The van der Waals surface area contributed by atoms with Crippen LogP contribution in [0.1, 0.15) is 60.3 Å². The van der Waals surface area contributed by atoms with Gasteiger partial charge in [0.15, 0.2) is 0 Å². The van der Waals surface area contributed by atoms with Gasteiger partial charge in [-0.2, -0.15) is 0 Å². The van der Waals surface area contributed by atoms with Gasteiger partial charge in [-0.15, -0.1) is 0 Å². The highest BCUT2D eigenvalue weighted by molar-refractivity contribution is 4.75. The van der Waals surface area contributed by atoms with E-state index in [0.717, 1.165) is 25.9 Å². The van der Waals surface area contributed by atoms with Crippen molar-refractivity contribution in [3.05, 3.63) is 0 Å². The average molecular weight is 246 g/mol. The summed E-state index contributed by atoms with van der Waals surface area (Å²) in [6, 6.07) is 0. The Labute approximate surface area is 107 Å². The van der Waals surface area contributed by atoms with Gasteiger partial charge in [-0.1, -0.05) is 13.8 Å². The summed E-state index contributed by atoms with van der Waals surface area (Å²) in [5.74, 6) is 0. The molecule has 1 atom stereocenters. The van der Waals surface area contributed by atoms with Crippen molar-refractivity contribution >= 4 is 0 Å². The van der Waals surface area contributed by atoms with E-state index in [9.17, 15) is 0 Å². The van der Waals surface area contributed by atoms with Crippen molar-refractivity contribution in [3.8, 4) is 0 Å². The zero-order chi connectivity index (χ0) is 13.4. The number of rotatable bonds is 10. The van der Waals surface area contributed by atoms with Crippen molar-refractivity contribution in [1.29, 1.82) is 0 Å². The van der Waals surface area contributed by atoms with Crippen molar-refractivity contribution < 1.29 is 14.6 Å². The third kappa shape index (κ3) is 7.74. The van der Waals surface area contributed by atoms with Gasteiger partial charge in [0, 0.05) is 13.2 Å². The second-order valence-electron chi connectivity index (χ2n) is 5.48. The van der Waals surface area contributed by atoms with Gasteiger partial charge in [0.1, 0.15) is 0 Å². The molecule has 0 heterocycles. The van der Waals surface area contributed by atoms with Crippen molar-refractivity contribution in [2.45, 2.75) is 71.5 Å². The van der Waals surface area contributed by atoms with Gasteiger partial charge in [-0.3, -0.25) is 0 Å². The molecular weight excluding hydrogens is 216 g/mol. The van der Waals surface area contributed by atoms with Crippen LogP contribution in [0.4, 0.5) is 0 Å². The number of aliphatic hydroxyl groups is 1. The zero-order valence-electron chi connectivity index (χ0n) is 12.2. The fourth-order valence-electron chi connectivity index (χ4n) is 1.58. The topological polar surface area (TPSA) is 38.7 Å². The van der Waals surface area contributed by atoms with Gasteiger partial charge in [0.25, 0.3) is 0 Å². The summed E-state index contributed by atoms with van der Waals surface area (Å²) in [4.78, 5) is 0. The Morgan fingerprint density at radius 3 is 2.06 bits per heavy atom. The summed E-state index contributed by atoms with van der Waals surface area (Å²) in [5.41, 5.74) is -0.320. The molecule has 0 aromatic heterocycles. The predicted molar refractivity (Wildman–Crippen MR) is 71.3 cm³/mol. The molecule has 1 N–H and O–H groups in total. The molecule has 0 aliphatic heterocycles. The van der Waals surface area contributed by atoms with E-state index in [2.05, 4.69) is 20.8 Å². The Hall–Kier alpha value is -0.120. The first-order valence-corrected chi connectivity index (χ1v) is 6.78. The van der Waals surface area contributed by atoms with Crippen LogP contribution in [0.15, 0.2) is 0 Å². The van der Waals surface area contributed by atoms with Gasteiger partial charge < -0.3 is 14.6 Å². The fraction of sp³-hybridized carbons (Fsp3) is 1.00. The largest absolute Gasteiger partial charge is 0.396 e. The Morgan fingerprint density at radius 1 is 0.941 bits per heavy atom. The SMILES string of the molecule is CCCOC(C)(CC)CCOC(C)(C)CCO. The molecule has 0 radical (unpaired) electrons. The van der Waals surface area contributed by atoms with E-state index in [1.807, 2.05) is 13.8 Å². The van der Waals surface area contributed by atoms with Gasteiger partial charge in [-0.25, -0.2) is 0 Å².